The number of benzene rings is 1. The number of piperidine rings is 1. The summed E-state index contributed by atoms with van der Waals surface area (Å²) in [6.07, 6.45) is 4.05. The summed E-state index contributed by atoms with van der Waals surface area (Å²) in [7, 11) is 0. The molecule has 1 aromatic heterocycles. The first kappa shape index (κ1) is 19.8. The highest BCUT2D eigenvalue weighted by atomic mass is 16.1. The van der Waals surface area contributed by atoms with Crippen LogP contribution in [0.15, 0.2) is 30.5 Å². The van der Waals surface area contributed by atoms with E-state index in [2.05, 4.69) is 56.8 Å². The topological polar surface area (TPSA) is 38.1 Å². The molecule has 1 atom stereocenters. The maximum Gasteiger partial charge on any atom is 0.167 e. The quantitative estimate of drug-likeness (QED) is 0.725. The highest BCUT2D eigenvalue weighted by Crippen LogP contribution is 2.26. The largest absolute Gasteiger partial charge is 0.298 e. The number of likely N-dealkylation sites (tertiary alicyclic amines) is 1. The Bertz CT molecular complexity index is 783. The van der Waals surface area contributed by atoms with Crippen molar-refractivity contribution < 1.29 is 4.79 Å². The maximum atomic E-state index is 13.0. The fourth-order valence-electron chi connectivity index (χ4n) is 3.98. The number of carbonyl (C=O) groups is 1. The van der Waals surface area contributed by atoms with E-state index in [1.807, 2.05) is 23.0 Å². The van der Waals surface area contributed by atoms with Gasteiger partial charge in [-0.2, -0.15) is 5.10 Å². The van der Waals surface area contributed by atoms with Gasteiger partial charge in [-0.1, -0.05) is 45.0 Å². The van der Waals surface area contributed by atoms with E-state index in [1.165, 1.54) is 16.8 Å². The summed E-state index contributed by atoms with van der Waals surface area (Å²) in [5, 5.41) is 4.45. The van der Waals surface area contributed by atoms with Crippen LogP contribution in [0.3, 0.4) is 0 Å². The van der Waals surface area contributed by atoms with Crippen molar-refractivity contribution in [3.05, 3.63) is 52.8 Å². The van der Waals surface area contributed by atoms with E-state index in [-0.39, 0.29) is 11.3 Å². The van der Waals surface area contributed by atoms with Crippen LogP contribution in [0.25, 0.3) is 0 Å². The molecule has 1 fully saturated rings. The summed E-state index contributed by atoms with van der Waals surface area (Å²) >= 11 is 0. The minimum Gasteiger partial charge on any atom is -0.298 e. The molecule has 1 aliphatic rings. The van der Waals surface area contributed by atoms with Gasteiger partial charge < -0.3 is 0 Å². The van der Waals surface area contributed by atoms with Crippen molar-refractivity contribution in [2.24, 2.45) is 5.92 Å². The van der Waals surface area contributed by atoms with E-state index in [1.54, 1.807) is 0 Å². The molecule has 146 valence electrons. The van der Waals surface area contributed by atoms with Crippen molar-refractivity contribution in [2.45, 2.75) is 66.0 Å². The third-order valence-electron chi connectivity index (χ3n) is 5.81. The van der Waals surface area contributed by atoms with Crippen LogP contribution in [0.4, 0.5) is 0 Å². The van der Waals surface area contributed by atoms with Crippen molar-refractivity contribution >= 4 is 5.78 Å². The number of nitrogens with zero attached hydrogens (tertiary/aromatic N) is 3. The summed E-state index contributed by atoms with van der Waals surface area (Å²) in [6.45, 7) is 14.5. The molecule has 4 nitrogen and oxygen atoms in total. The van der Waals surface area contributed by atoms with Gasteiger partial charge in [0.05, 0.1) is 6.20 Å². The molecule has 27 heavy (non-hydrogen) atoms. The zero-order chi connectivity index (χ0) is 19.6. The molecule has 0 N–H and O–H groups in total. The Hall–Kier alpha value is -1.94. The predicted octanol–water partition coefficient (Wildman–Crippen LogP) is 4.60. The van der Waals surface area contributed by atoms with Crippen molar-refractivity contribution in [3.63, 3.8) is 0 Å². The molecule has 0 radical (unpaired) electrons. The normalized spacial score (nSPS) is 18.6. The molecule has 1 aliphatic heterocycles. The molecule has 1 saturated heterocycles. The lowest BCUT2D eigenvalue weighted by molar-refractivity contribution is 0.0811. The van der Waals surface area contributed by atoms with Crippen molar-refractivity contribution in [3.8, 4) is 0 Å². The third-order valence-corrected chi connectivity index (χ3v) is 5.81. The van der Waals surface area contributed by atoms with Crippen LogP contribution < -0.4 is 0 Å². The number of hydrogen-bond acceptors (Lipinski definition) is 3. The molecular formula is C23H33N3O. The van der Waals surface area contributed by atoms with Gasteiger partial charge in [0.2, 0.25) is 0 Å². The zero-order valence-electron chi connectivity index (χ0n) is 17.5. The maximum absolute atomic E-state index is 13.0. The van der Waals surface area contributed by atoms with Crippen molar-refractivity contribution in [1.82, 2.24) is 14.7 Å². The van der Waals surface area contributed by atoms with Crippen molar-refractivity contribution in [1.29, 1.82) is 0 Å². The van der Waals surface area contributed by atoms with Crippen LogP contribution in [0.5, 0.6) is 0 Å². The summed E-state index contributed by atoms with van der Waals surface area (Å²) in [6, 6.07) is 8.24. The Morgan fingerprint density at radius 3 is 2.52 bits per heavy atom. The number of aromatic nitrogens is 2. The minimum absolute atomic E-state index is 0.0979. The Morgan fingerprint density at radius 2 is 1.93 bits per heavy atom. The standard InChI is InChI=1S/C23H33N3O/c1-6-26-17(2)20(14-24-26)16-25-13-7-8-19(15-25)22(27)18-9-11-21(12-10-18)23(3,4)5/h9-12,14,19H,6-8,13,15-16H2,1-5H3/t19-/m1/s1. The van der Waals surface area contributed by atoms with E-state index >= 15 is 0 Å². The number of Topliss-reactive ketones (excluding diaryl/α,β-unsaturated/α-hetero) is 1. The molecule has 0 aliphatic carbocycles. The van der Waals surface area contributed by atoms with E-state index in [0.29, 0.717) is 5.78 Å². The summed E-state index contributed by atoms with van der Waals surface area (Å²) < 4.78 is 2.04. The van der Waals surface area contributed by atoms with Crippen molar-refractivity contribution in [2.75, 3.05) is 13.1 Å². The Morgan fingerprint density at radius 1 is 1.22 bits per heavy atom. The van der Waals surface area contributed by atoms with Crippen LogP contribution in [0.1, 0.15) is 67.7 Å². The number of hydrogen-bond donors (Lipinski definition) is 0. The SMILES string of the molecule is CCn1ncc(CN2CCC[C@@H](C(=O)c3ccc(C(C)(C)C)cc3)C2)c1C. The highest BCUT2D eigenvalue weighted by molar-refractivity contribution is 5.98. The molecule has 3 rings (SSSR count). The second-order valence-corrected chi connectivity index (χ2v) is 8.84. The van der Waals surface area contributed by atoms with Crippen LogP contribution in [0, 0.1) is 12.8 Å². The van der Waals surface area contributed by atoms with Crippen LogP contribution >= 0.6 is 0 Å². The fourth-order valence-corrected chi connectivity index (χ4v) is 3.98. The number of rotatable bonds is 5. The molecule has 0 bridgehead atoms. The molecule has 0 spiro atoms. The molecular weight excluding hydrogens is 334 g/mol. The Balaban J connectivity index is 1.66. The summed E-state index contributed by atoms with van der Waals surface area (Å²) in [5.74, 6) is 0.391. The average molecular weight is 368 g/mol. The lowest BCUT2D eigenvalue weighted by Crippen LogP contribution is -2.38. The van der Waals surface area contributed by atoms with Gasteiger partial charge in [0, 0.05) is 42.4 Å². The van der Waals surface area contributed by atoms with Gasteiger partial charge in [-0.05, 0) is 44.2 Å². The van der Waals surface area contributed by atoms with Crippen LogP contribution in [-0.4, -0.2) is 33.6 Å². The Kier molecular flexibility index (Phi) is 5.85. The molecule has 4 heteroatoms. The van der Waals surface area contributed by atoms with Gasteiger partial charge >= 0.3 is 0 Å². The zero-order valence-corrected chi connectivity index (χ0v) is 17.5. The third kappa shape index (κ3) is 4.49. The van der Waals surface area contributed by atoms with Gasteiger partial charge in [-0.15, -0.1) is 0 Å². The first-order valence-corrected chi connectivity index (χ1v) is 10.2. The molecule has 0 saturated carbocycles. The molecule has 0 amide bonds. The monoisotopic (exact) mass is 367 g/mol. The second kappa shape index (κ2) is 7.97. The first-order chi connectivity index (χ1) is 12.8. The van der Waals surface area contributed by atoms with Gasteiger partial charge in [-0.3, -0.25) is 14.4 Å². The fraction of sp³-hybridized carbons (Fsp3) is 0.565. The van der Waals surface area contributed by atoms with E-state index in [9.17, 15) is 4.79 Å². The lowest BCUT2D eigenvalue weighted by Gasteiger charge is -2.32. The number of aryl methyl sites for hydroxylation is 1. The molecule has 0 unspecified atom stereocenters. The lowest BCUT2D eigenvalue weighted by atomic mass is 9.85. The average Bonchev–Trinajstić information content (AvgIpc) is 3.00. The first-order valence-electron chi connectivity index (χ1n) is 10.2. The number of ketones is 1. The van der Waals surface area contributed by atoms with E-state index < -0.39 is 0 Å². The molecule has 1 aromatic carbocycles. The van der Waals surface area contributed by atoms with E-state index in [0.717, 1.165) is 44.6 Å². The van der Waals surface area contributed by atoms with E-state index in [4.69, 9.17) is 0 Å². The minimum atomic E-state index is 0.0979. The number of carbonyl (C=O) groups excluding carboxylic acids is 1. The van der Waals surface area contributed by atoms with Gasteiger partial charge in [0.1, 0.15) is 0 Å². The highest BCUT2D eigenvalue weighted by Gasteiger charge is 2.27. The van der Waals surface area contributed by atoms with Crippen LogP contribution in [0.2, 0.25) is 0 Å². The molecule has 2 heterocycles. The second-order valence-electron chi connectivity index (χ2n) is 8.84. The van der Waals surface area contributed by atoms with Gasteiger partial charge in [0.15, 0.2) is 5.78 Å². The Labute approximate surface area is 163 Å². The predicted molar refractivity (Wildman–Crippen MR) is 110 cm³/mol. The summed E-state index contributed by atoms with van der Waals surface area (Å²) in [4.78, 5) is 15.4. The van der Waals surface area contributed by atoms with Crippen LogP contribution in [-0.2, 0) is 18.5 Å². The van der Waals surface area contributed by atoms with Gasteiger partial charge in [0.25, 0.3) is 0 Å². The van der Waals surface area contributed by atoms with Gasteiger partial charge in [-0.25, -0.2) is 0 Å². The molecule has 2 aromatic rings. The smallest absolute Gasteiger partial charge is 0.167 e. The summed E-state index contributed by atoms with van der Waals surface area (Å²) in [5.41, 5.74) is 4.75.